The van der Waals surface area contributed by atoms with Gasteiger partial charge in [0, 0.05) is 0 Å². The van der Waals surface area contributed by atoms with Crippen molar-refractivity contribution in [1.82, 2.24) is 0 Å². The second-order valence-corrected chi connectivity index (χ2v) is 7.82. The molecule has 0 aromatic heterocycles. The van der Waals surface area contributed by atoms with Crippen molar-refractivity contribution in [3.8, 4) is 11.5 Å². The van der Waals surface area contributed by atoms with Crippen LogP contribution in [-0.4, -0.2) is 21.4 Å². The fourth-order valence-corrected chi connectivity index (χ4v) is 3.49. The number of hydrogen-bond acceptors (Lipinski definition) is 4. The summed E-state index contributed by atoms with van der Waals surface area (Å²) in [7, 11) is -2.32. The third kappa shape index (κ3) is 5.20. The molecule has 0 aliphatic heterocycles. The highest BCUT2D eigenvalue weighted by molar-refractivity contribution is 7.90. The highest BCUT2D eigenvalue weighted by Crippen LogP contribution is 2.20. The monoisotopic (exact) mass is 395 g/mol. The Labute approximate surface area is 165 Å². The number of hydrogen-bond donors (Lipinski definition) is 0. The first kappa shape index (κ1) is 19.6. The van der Waals surface area contributed by atoms with Gasteiger partial charge in [-0.05, 0) is 48.9 Å². The van der Waals surface area contributed by atoms with Crippen LogP contribution in [0.25, 0.3) is 0 Å². The zero-order chi connectivity index (χ0) is 20.0. The Balaban J connectivity index is 1.94. The quantitative estimate of drug-likeness (QED) is 0.458. The van der Waals surface area contributed by atoms with Crippen molar-refractivity contribution < 1.29 is 17.9 Å². The first-order valence-electron chi connectivity index (χ1n) is 8.72. The minimum Gasteiger partial charge on any atom is -0.497 e. The lowest BCUT2D eigenvalue weighted by atomic mass is 10.1. The van der Waals surface area contributed by atoms with E-state index in [1.807, 2.05) is 37.3 Å². The molecular formula is C22H21NO4S. The van der Waals surface area contributed by atoms with Crippen LogP contribution in [0.4, 0.5) is 0 Å². The van der Waals surface area contributed by atoms with Crippen LogP contribution in [0, 0.1) is 6.92 Å². The molecule has 0 spiro atoms. The van der Waals surface area contributed by atoms with Crippen LogP contribution < -0.4 is 9.47 Å². The van der Waals surface area contributed by atoms with E-state index in [2.05, 4.69) is 4.40 Å². The Morgan fingerprint density at radius 3 is 2.07 bits per heavy atom. The van der Waals surface area contributed by atoms with Gasteiger partial charge in [-0.1, -0.05) is 48.0 Å². The lowest BCUT2D eigenvalue weighted by molar-refractivity contribution is 0.413. The molecule has 3 aromatic rings. The Bertz CT molecular complexity index is 1040. The molecule has 0 aliphatic carbocycles. The van der Waals surface area contributed by atoms with E-state index in [4.69, 9.17) is 9.47 Å². The van der Waals surface area contributed by atoms with Crippen LogP contribution in [0.1, 0.15) is 11.1 Å². The van der Waals surface area contributed by atoms with Crippen molar-refractivity contribution in [2.45, 2.75) is 18.2 Å². The molecule has 0 amide bonds. The summed E-state index contributed by atoms with van der Waals surface area (Å²) >= 11 is 0. The molecule has 28 heavy (non-hydrogen) atoms. The van der Waals surface area contributed by atoms with Crippen LogP contribution >= 0.6 is 0 Å². The van der Waals surface area contributed by atoms with Crippen molar-refractivity contribution in [1.29, 1.82) is 0 Å². The molecule has 3 aromatic carbocycles. The molecule has 0 bridgehead atoms. The van der Waals surface area contributed by atoms with Crippen molar-refractivity contribution in [3.63, 3.8) is 0 Å². The Kier molecular flexibility index (Phi) is 6.11. The Morgan fingerprint density at radius 1 is 0.857 bits per heavy atom. The van der Waals surface area contributed by atoms with E-state index in [-0.39, 0.29) is 17.2 Å². The molecule has 0 fully saturated rings. The highest BCUT2D eigenvalue weighted by atomic mass is 32.2. The standard InChI is InChI=1S/C22H21NO4S/c1-17-8-14-21(15-9-17)28(24,25)23-22(16-18-6-4-3-5-7-18)27-20-12-10-19(26-2)11-13-20/h3-15H,16H2,1-2H3/b23-22-. The predicted molar refractivity (Wildman–Crippen MR) is 110 cm³/mol. The maximum Gasteiger partial charge on any atom is 0.285 e. The number of rotatable bonds is 6. The number of sulfonamides is 1. The third-order valence-corrected chi connectivity index (χ3v) is 5.35. The fraction of sp³-hybridized carbons (Fsp3) is 0.136. The SMILES string of the molecule is COc1ccc(O/C(Cc2ccccc2)=N\S(=O)(=O)c2ccc(C)cc2)cc1. The lowest BCUT2D eigenvalue weighted by Gasteiger charge is -2.10. The van der Waals surface area contributed by atoms with Crippen LogP contribution in [0.3, 0.4) is 0 Å². The molecule has 5 nitrogen and oxygen atoms in total. The molecule has 0 saturated carbocycles. The van der Waals surface area contributed by atoms with E-state index in [0.717, 1.165) is 11.1 Å². The van der Waals surface area contributed by atoms with E-state index in [1.165, 1.54) is 0 Å². The highest BCUT2D eigenvalue weighted by Gasteiger charge is 2.16. The minimum absolute atomic E-state index is 0.0944. The Morgan fingerprint density at radius 2 is 1.46 bits per heavy atom. The smallest absolute Gasteiger partial charge is 0.285 e. The van der Waals surface area contributed by atoms with Crippen LogP contribution in [-0.2, 0) is 16.4 Å². The summed E-state index contributed by atoms with van der Waals surface area (Å²) in [5.74, 6) is 1.26. The van der Waals surface area contributed by atoms with E-state index in [1.54, 1.807) is 55.6 Å². The topological polar surface area (TPSA) is 65.0 Å². The number of benzene rings is 3. The van der Waals surface area contributed by atoms with Crippen LogP contribution in [0.15, 0.2) is 88.2 Å². The molecule has 0 aliphatic rings. The third-order valence-electron chi connectivity index (χ3n) is 4.03. The van der Waals surface area contributed by atoms with Gasteiger partial charge in [-0.2, -0.15) is 8.42 Å². The van der Waals surface area contributed by atoms with Crippen molar-refractivity contribution >= 4 is 15.9 Å². The molecule has 0 heterocycles. The van der Waals surface area contributed by atoms with E-state index in [9.17, 15) is 8.42 Å². The molecule has 6 heteroatoms. The largest absolute Gasteiger partial charge is 0.497 e. The maximum absolute atomic E-state index is 12.7. The van der Waals surface area contributed by atoms with Gasteiger partial charge < -0.3 is 9.47 Å². The number of nitrogens with zero attached hydrogens (tertiary/aromatic N) is 1. The molecular weight excluding hydrogens is 374 g/mol. The van der Waals surface area contributed by atoms with Gasteiger partial charge in [0.2, 0.25) is 5.90 Å². The first-order valence-corrected chi connectivity index (χ1v) is 10.2. The summed E-state index contributed by atoms with van der Waals surface area (Å²) < 4.78 is 40.4. The van der Waals surface area contributed by atoms with E-state index >= 15 is 0 Å². The number of ether oxygens (including phenoxy) is 2. The predicted octanol–water partition coefficient (Wildman–Crippen LogP) is 4.41. The average molecular weight is 395 g/mol. The average Bonchev–Trinajstić information content (AvgIpc) is 2.69. The van der Waals surface area contributed by atoms with Gasteiger partial charge in [0.25, 0.3) is 10.0 Å². The van der Waals surface area contributed by atoms with Gasteiger partial charge in [-0.25, -0.2) is 0 Å². The molecule has 144 valence electrons. The fourth-order valence-electron chi connectivity index (χ4n) is 2.53. The summed E-state index contributed by atoms with van der Waals surface area (Å²) in [6.45, 7) is 1.90. The molecule has 0 radical (unpaired) electrons. The van der Waals surface area contributed by atoms with Crippen molar-refractivity contribution in [2.75, 3.05) is 7.11 Å². The maximum atomic E-state index is 12.7. The zero-order valence-corrected chi connectivity index (χ0v) is 16.5. The van der Waals surface area contributed by atoms with Crippen LogP contribution in [0.2, 0.25) is 0 Å². The van der Waals surface area contributed by atoms with Crippen molar-refractivity contribution in [3.05, 3.63) is 90.0 Å². The number of methoxy groups -OCH3 is 1. The van der Waals surface area contributed by atoms with Gasteiger partial charge in [0.05, 0.1) is 18.4 Å². The first-order chi connectivity index (χ1) is 13.5. The van der Waals surface area contributed by atoms with Gasteiger partial charge in [-0.3, -0.25) is 0 Å². The molecule has 0 atom stereocenters. The molecule has 0 unspecified atom stereocenters. The van der Waals surface area contributed by atoms with Gasteiger partial charge >= 0.3 is 0 Å². The van der Waals surface area contributed by atoms with Crippen LogP contribution in [0.5, 0.6) is 11.5 Å². The molecule has 0 N–H and O–H groups in total. The summed E-state index contributed by atoms with van der Waals surface area (Å²) in [6, 6.07) is 22.9. The normalized spacial score (nSPS) is 11.9. The molecule has 0 saturated heterocycles. The van der Waals surface area contributed by atoms with E-state index in [0.29, 0.717) is 11.5 Å². The van der Waals surface area contributed by atoms with E-state index < -0.39 is 10.0 Å². The molecule has 3 rings (SSSR count). The minimum atomic E-state index is -3.89. The lowest BCUT2D eigenvalue weighted by Crippen LogP contribution is -2.15. The second-order valence-electron chi connectivity index (χ2n) is 6.21. The summed E-state index contributed by atoms with van der Waals surface area (Å²) in [5.41, 5.74) is 1.87. The van der Waals surface area contributed by atoms with Crippen molar-refractivity contribution in [2.24, 2.45) is 4.40 Å². The summed E-state index contributed by atoms with van der Waals surface area (Å²) in [6.07, 6.45) is 0.248. The summed E-state index contributed by atoms with van der Waals surface area (Å²) in [5, 5.41) is 0. The Hall–Kier alpha value is -3.12. The van der Waals surface area contributed by atoms with Gasteiger partial charge in [-0.15, -0.1) is 4.40 Å². The van der Waals surface area contributed by atoms with Gasteiger partial charge in [0.1, 0.15) is 11.5 Å². The zero-order valence-electron chi connectivity index (χ0n) is 15.7. The second kappa shape index (κ2) is 8.71. The number of aryl methyl sites for hydroxylation is 1. The summed E-state index contributed by atoms with van der Waals surface area (Å²) in [4.78, 5) is 0.127. The van der Waals surface area contributed by atoms with Gasteiger partial charge in [0.15, 0.2) is 0 Å².